The number of hydrogen-bond acceptors (Lipinski definition) is 4. The van der Waals surface area contributed by atoms with Gasteiger partial charge in [0.2, 0.25) is 0 Å². The number of aliphatic hydroxyl groups excluding tert-OH is 1. The van der Waals surface area contributed by atoms with Crippen LogP contribution in [0.2, 0.25) is 0 Å². The smallest absolute Gasteiger partial charge is 0.261 e. The first-order chi connectivity index (χ1) is 11.6. The molecule has 0 aliphatic heterocycles. The third-order valence-electron chi connectivity index (χ3n) is 3.66. The maximum absolute atomic E-state index is 13.5. The molecule has 1 N–H and O–H groups in total. The van der Waals surface area contributed by atoms with Crippen LogP contribution in [-0.4, -0.2) is 27.4 Å². The zero-order valence-corrected chi connectivity index (χ0v) is 12.9. The van der Waals surface area contributed by atoms with E-state index >= 15 is 0 Å². The summed E-state index contributed by atoms with van der Waals surface area (Å²) in [6.45, 7) is 0.121. The van der Waals surface area contributed by atoms with Gasteiger partial charge in [0, 0.05) is 5.56 Å². The Morgan fingerprint density at radius 2 is 1.92 bits per heavy atom. The molecule has 1 heterocycles. The van der Waals surface area contributed by atoms with E-state index in [0.717, 1.165) is 0 Å². The fraction of sp³-hybridized carbons (Fsp3) is 0.222. The molecule has 0 amide bonds. The highest BCUT2D eigenvalue weighted by Gasteiger charge is 2.10. The lowest BCUT2D eigenvalue weighted by Gasteiger charge is -2.13. The van der Waals surface area contributed by atoms with Crippen molar-refractivity contribution in [2.75, 3.05) is 6.61 Å². The van der Waals surface area contributed by atoms with E-state index < -0.39 is 6.10 Å². The Morgan fingerprint density at radius 1 is 1.17 bits per heavy atom. The van der Waals surface area contributed by atoms with Gasteiger partial charge in [-0.3, -0.25) is 9.36 Å². The van der Waals surface area contributed by atoms with Crippen molar-refractivity contribution in [2.45, 2.75) is 19.3 Å². The molecule has 6 heteroatoms. The molecule has 3 rings (SSSR count). The average Bonchev–Trinajstić information content (AvgIpc) is 2.59. The van der Waals surface area contributed by atoms with E-state index in [1.165, 1.54) is 17.0 Å². The van der Waals surface area contributed by atoms with E-state index in [2.05, 4.69) is 4.98 Å². The number of aliphatic hydroxyl groups is 1. The molecule has 3 aromatic rings. The van der Waals surface area contributed by atoms with Crippen molar-refractivity contribution in [3.63, 3.8) is 0 Å². The van der Waals surface area contributed by atoms with Crippen LogP contribution in [0.15, 0.2) is 59.7 Å². The Balaban J connectivity index is 1.61. The fourth-order valence-corrected chi connectivity index (χ4v) is 2.44. The number of ether oxygens (including phenoxy) is 1. The Morgan fingerprint density at radius 3 is 2.75 bits per heavy atom. The van der Waals surface area contributed by atoms with Gasteiger partial charge < -0.3 is 9.84 Å². The molecule has 0 saturated heterocycles. The third kappa shape index (κ3) is 3.67. The molecule has 1 atom stereocenters. The molecular weight excluding hydrogens is 311 g/mol. The number of fused-ring (bicyclic) bond motifs is 1. The monoisotopic (exact) mass is 328 g/mol. The van der Waals surface area contributed by atoms with E-state index in [0.29, 0.717) is 16.5 Å². The Labute approximate surface area is 138 Å². The van der Waals surface area contributed by atoms with E-state index in [1.807, 2.05) is 6.07 Å². The number of hydrogen-bond donors (Lipinski definition) is 1. The van der Waals surface area contributed by atoms with Crippen molar-refractivity contribution in [1.82, 2.24) is 9.55 Å². The van der Waals surface area contributed by atoms with Gasteiger partial charge in [-0.2, -0.15) is 0 Å². The second-order valence-corrected chi connectivity index (χ2v) is 5.48. The van der Waals surface area contributed by atoms with Gasteiger partial charge in [0.1, 0.15) is 5.82 Å². The minimum Gasteiger partial charge on any atom is -0.389 e. The summed E-state index contributed by atoms with van der Waals surface area (Å²) in [5.41, 5.74) is 0.826. The molecule has 0 fully saturated rings. The Hall–Kier alpha value is -2.57. The van der Waals surface area contributed by atoms with E-state index in [9.17, 15) is 14.3 Å². The van der Waals surface area contributed by atoms with Gasteiger partial charge in [-0.25, -0.2) is 9.37 Å². The van der Waals surface area contributed by atoms with Crippen LogP contribution in [0.5, 0.6) is 0 Å². The number of nitrogens with zero attached hydrogens (tertiary/aromatic N) is 2. The lowest BCUT2D eigenvalue weighted by Crippen LogP contribution is -2.29. The SMILES string of the molecule is O=c1c2ccccc2ncn1C[C@@H](O)COCc1ccccc1F. The predicted octanol–water partition coefficient (Wildman–Crippen LogP) is 2.11. The van der Waals surface area contributed by atoms with Gasteiger partial charge in [0.25, 0.3) is 5.56 Å². The molecule has 0 radical (unpaired) electrons. The summed E-state index contributed by atoms with van der Waals surface area (Å²) in [6.07, 6.45) is 0.516. The lowest BCUT2D eigenvalue weighted by atomic mass is 10.2. The van der Waals surface area contributed by atoms with Crippen LogP contribution >= 0.6 is 0 Å². The molecule has 0 aliphatic carbocycles. The quantitative estimate of drug-likeness (QED) is 0.753. The van der Waals surface area contributed by atoms with Crippen LogP contribution in [0, 0.1) is 5.82 Å². The molecule has 0 aliphatic rings. The van der Waals surface area contributed by atoms with E-state index in [1.54, 1.807) is 36.4 Å². The maximum atomic E-state index is 13.5. The molecule has 0 spiro atoms. The van der Waals surface area contributed by atoms with Crippen molar-refractivity contribution < 1.29 is 14.2 Å². The predicted molar refractivity (Wildman–Crippen MR) is 88.1 cm³/mol. The fourth-order valence-electron chi connectivity index (χ4n) is 2.44. The minimum atomic E-state index is -0.891. The number of halogens is 1. The van der Waals surface area contributed by atoms with Crippen molar-refractivity contribution in [1.29, 1.82) is 0 Å². The summed E-state index contributed by atoms with van der Waals surface area (Å²) in [4.78, 5) is 16.5. The number of benzene rings is 2. The van der Waals surface area contributed by atoms with Crippen LogP contribution in [0.1, 0.15) is 5.56 Å². The topological polar surface area (TPSA) is 64.4 Å². The first kappa shape index (κ1) is 16.3. The van der Waals surface area contributed by atoms with Crippen LogP contribution in [0.25, 0.3) is 10.9 Å². The van der Waals surface area contributed by atoms with Crippen LogP contribution < -0.4 is 5.56 Å². The summed E-state index contributed by atoms with van der Waals surface area (Å²) in [6, 6.07) is 13.3. The molecular formula is C18H17FN2O3. The molecule has 24 heavy (non-hydrogen) atoms. The first-order valence-corrected chi connectivity index (χ1v) is 7.58. The van der Waals surface area contributed by atoms with Gasteiger partial charge in [-0.05, 0) is 18.2 Å². The summed E-state index contributed by atoms with van der Waals surface area (Å²) in [5.74, 6) is -0.345. The van der Waals surface area contributed by atoms with Gasteiger partial charge in [-0.15, -0.1) is 0 Å². The molecule has 5 nitrogen and oxygen atoms in total. The van der Waals surface area contributed by atoms with E-state index in [-0.39, 0.29) is 31.1 Å². The third-order valence-corrected chi connectivity index (χ3v) is 3.66. The highest BCUT2D eigenvalue weighted by Crippen LogP contribution is 2.08. The minimum absolute atomic E-state index is 0.00635. The van der Waals surface area contributed by atoms with Crippen molar-refractivity contribution in [3.05, 3.63) is 76.6 Å². The standard InChI is InChI=1S/C18H17FN2O3/c19-16-7-3-1-5-13(16)10-24-11-14(22)9-21-12-20-17-8-4-2-6-15(17)18(21)23/h1-8,12,14,22H,9-11H2/t14-/m1/s1. The normalized spacial score (nSPS) is 12.4. The largest absolute Gasteiger partial charge is 0.389 e. The van der Waals surface area contributed by atoms with Crippen molar-refractivity contribution in [2.24, 2.45) is 0 Å². The molecule has 0 unspecified atom stereocenters. The van der Waals surface area contributed by atoms with Gasteiger partial charge in [0.05, 0.1) is 43.1 Å². The molecule has 2 aromatic carbocycles. The van der Waals surface area contributed by atoms with Crippen LogP contribution in [0.3, 0.4) is 0 Å². The molecule has 124 valence electrons. The summed E-state index contributed by atoms with van der Waals surface area (Å²) < 4.78 is 20.1. The second-order valence-electron chi connectivity index (χ2n) is 5.48. The summed E-state index contributed by atoms with van der Waals surface area (Å²) in [7, 11) is 0. The van der Waals surface area contributed by atoms with E-state index in [4.69, 9.17) is 4.74 Å². The summed E-state index contributed by atoms with van der Waals surface area (Å²) >= 11 is 0. The summed E-state index contributed by atoms with van der Waals surface area (Å²) in [5, 5.41) is 10.5. The number of rotatable bonds is 6. The van der Waals surface area contributed by atoms with Gasteiger partial charge >= 0.3 is 0 Å². The zero-order valence-electron chi connectivity index (χ0n) is 12.9. The average molecular weight is 328 g/mol. The number of aromatic nitrogens is 2. The van der Waals surface area contributed by atoms with Crippen LogP contribution in [0.4, 0.5) is 4.39 Å². The first-order valence-electron chi connectivity index (χ1n) is 7.58. The second kappa shape index (κ2) is 7.33. The van der Waals surface area contributed by atoms with Crippen molar-refractivity contribution in [3.8, 4) is 0 Å². The highest BCUT2D eigenvalue weighted by molar-refractivity contribution is 5.76. The Bertz CT molecular complexity index is 895. The van der Waals surface area contributed by atoms with Gasteiger partial charge in [0.15, 0.2) is 0 Å². The van der Waals surface area contributed by atoms with Gasteiger partial charge in [-0.1, -0.05) is 30.3 Å². The molecule has 0 bridgehead atoms. The van der Waals surface area contributed by atoms with Crippen molar-refractivity contribution >= 4 is 10.9 Å². The molecule has 1 aromatic heterocycles. The number of para-hydroxylation sites is 1. The lowest BCUT2D eigenvalue weighted by molar-refractivity contribution is 0.0189. The Kier molecular flexibility index (Phi) is 4.98. The molecule has 0 saturated carbocycles. The van der Waals surface area contributed by atoms with Crippen LogP contribution in [-0.2, 0) is 17.9 Å². The maximum Gasteiger partial charge on any atom is 0.261 e. The zero-order chi connectivity index (χ0) is 16.9. The highest BCUT2D eigenvalue weighted by atomic mass is 19.1.